The molecule has 0 aliphatic heterocycles. The Morgan fingerprint density at radius 2 is 1.79 bits per heavy atom. The number of nitrogens with two attached hydrogens (primary N) is 1. The number of rotatable bonds is 1. The summed E-state index contributed by atoms with van der Waals surface area (Å²) in [7, 11) is 0. The number of nitrogen functional groups attached to an aromatic ring is 1. The van der Waals surface area contributed by atoms with Crippen LogP contribution in [0, 0.1) is 22.7 Å². The van der Waals surface area contributed by atoms with Crippen LogP contribution < -0.4 is 11.3 Å². The average molecular weight is 343 g/mol. The van der Waals surface area contributed by atoms with Crippen LogP contribution in [0.25, 0.3) is 11.1 Å². The lowest BCUT2D eigenvalue weighted by molar-refractivity contribution is 0.476. The van der Waals surface area contributed by atoms with Crippen LogP contribution in [-0.2, 0) is 5.41 Å². The fourth-order valence-electron chi connectivity index (χ4n) is 2.34. The van der Waals surface area contributed by atoms with E-state index in [1.54, 1.807) is 18.2 Å². The monoisotopic (exact) mass is 342 g/mol. The minimum atomic E-state index is -0.735. The smallest absolute Gasteiger partial charge is 0.268 e. The van der Waals surface area contributed by atoms with Gasteiger partial charge in [0.1, 0.15) is 34.8 Å². The molecular weight excluding hydrogens is 328 g/mol. The zero-order chi connectivity index (χ0) is 18.2. The molecule has 0 saturated carbocycles. The molecule has 24 heavy (non-hydrogen) atoms. The first-order valence-electron chi connectivity index (χ1n) is 7.01. The summed E-state index contributed by atoms with van der Waals surface area (Å²) in [5, 5.41) is 29.1. The molecule has 6 nitrogen and oxygen atoms in total. The number of aromatic nitrogens is 1. The molecule has 0 aliphatic carbocycles. The molecule has 0 bridgehead atoms. The van der Waals surface area contributed by atoms with Crippen LogP contribution in [0.15, 0.2) is 16.9 Å². The predicted octanol–water partition coefficient (Wildman–Crippen LogP) is 3.02. The van der Waals surface area contributed by atoms with Crippen molar-refractivity contribution in [2.75, 3.05) is 5.73 Å². The van der Waals surface area contributed by atoms with Crippen molar-refractivity contribution in [3.05, 3.63) is 44.2 Å². The molecule has 1 aromatic heterocycles. The van der Waals surface area contributed by atoms with E-state index in [-0.39, 0.29) is 44.3 Å². The predicted molar refractivity (Wildman–Crippen MR) is 91.7 cm³/mol. The summed E-state index contributed by atoms with van der Waals surface area (Å²) in [5.74, 6) is -0.490. The van der Waals surface area contributed by atoms with Crippen LogP contribution in [0.2, 0.25) is 5.02 Å². The number of phenols is 1. The molecule has 2 aromatic rings. The molecule has 0 atom stereocenters. The fourth-order valence-corrected chi connectivity index (χ4v) is 2.55. The van der Waals surface area contributed by atoms with Gasteiger partial charge in [0.15, 0.2) is 0 Å². The van der Waals surface area contributed by atoms with E-state index in [4.69, 9.17) is 17.3 Å². The van der Waals surface area contributed by atoms with Crippen LogP contribution in [0.3, 0.4) is 0 Å². The van der Waals surface area contributed by atoms with Gasteiger partial charge in [-0.25, -0.2) is 0 Å². The van der Waals surface area contributed by atoms with Crippen LogP contribution >= 0.6 is 11.6 Å². The lowest BCUT2D eigenvalue weighted by Crippen LogP contribution is -2.17. The highest BCUT2D eigenvalue weighted by Crippen LogP contribution is 2.41. The first-order chi connectivity index (χ1) is 11.1. The molecule has 0 fully saturated rings. The zero-order valence-corrected chi connectivity index (χ0v) is 14.1. The van der Waals surface area contributed by atoms with Crippen molar-refractivity contribution in [3.8, 4) is 29.0 Å². The van der Waals surface area contributed by atoms with Crippen LogP contribution in [0.4, 0.5) is 5.82 Å². The molecular formula is C17H15ClN4O2. The first kappa shape index (κ1) is 17.4. The van der Waals surface area contributed by atoms with Gasteiger partial charge in [-0.05, 0) is 23.1 Å². The van der Waals surface area contributed by atoms with Gasteiger partial charge >= 0.3 is 0 Å². The Bertz CT molecular complexity index is 973. The van der Waals surface area contributed by atoms with Crippen molar-refractivity contribution in [3.63, 3.8) is 0 Å². The zero-order valence-electron chi connectivity index (χ0n) is 13.4. The highest BCUT2D eigenvalue weighted by Gasteiger charge is 2.24. The Labute approximate surface area is 143 Å². The topological polar surface area (TPSA) is 127 Å². The number of benzene rings is 1. The summed E-state index contributed by atoms with van der Waals surface area (Å²) in [6, 6.07) is 6.85. The van der Waals surface area contributed by atoms with Gasteiger partial charge in [0.25, 0.3) is 5.56 Å². The largest absolute Gasteiger partial charge is 0.506 e. The van der Waals surface area contributed by atoms with E-state index in [2.05, 4.69) is 4.98 Å². The number of halogens is 1. The number of hydrogen-bond acceptors (Lipinski definition) is 5. The van der Waals surface area contributed by atoms with Crippen LogP contribution in [-0.4, -0.2) is 10.1 Å². The maximum absolute atomic E-state index is 12.0. The number of nitrogens with zero attached hydrogens (tertiary/aromatic N) is 2. The van der Waals surface area contributed by atoms with E-state index in [0.717, 1.165) is 5.56 Å². The van der Waals surface area contributed by atoms with E-state index < -0.39 is 5.56 Å². The Hall–Kier alpha value is -2.96. The Morgan fingerprint density at radius 1 is 1.21 bits per heavy atom. The number of hydrogen-bond donors (Lipinski definition) is 3. The van der Waals surface area contributed by atoms with Gasteiger partial charge in [0.2, 0.25) is 0 Å². The molecule has 2 rings (SSSR count). The minimum Gasteiger partial charge on any atom is -0.506 e. The van der Waals surface area contributed by atoms with Crippen LogP contribution in [0.5, 0.6) is 5.75 Å². The van der Waals surface area contributed by atoms with Crippen LogP contribution in [0.1, 0.15) is 37.5 Å². The van der Waals surface area contributed by atoms with Gasteiger partial charge in [-0.1, -0.05) is 32.4 Å². The maximum Gasteiger partial charge on any atom is 0.268 e. The number of pyridine rings is 1. The molecule has 1 aromatic carbocycles. The van der Waals surface area contributed by atoms with Gasteiger partial charge in [0.05, 0.1) is 5.02 Å². The van der Waals surface area contributed by atoms with E-state index in [1.807, 2.05) is 26.8 Å². The third-order valence-electron chi connectivity index (χ3n) is 3.67. The standard InChI is InChI=1S/C17H15ClN4O2/c1-17(2,3)8-4-9(14(23)12(18)5-8)13-10(6-19)15(21)22-16(24)11(13)7-20/h4-5,23H,1-3H3,(H3,21,22,24). The van der Waals surface area contributed by atoms with Crippen molar-refractivity contribution in [2.45, 2.75) is 26.2 Å². The summed E-state index contributed by atoms with van der Waals surface area (Å²) >= 11 is 6.11. The van der Waals surface area contributed by atoms with E-state index in [0.29, 0.717) is 0 Å². The second-order valence-electron chi connectivity index (χ2n) is 6.32. The molecule has 122 valence electrons. The second-order valence-corrected chi connectivity index (χ2v) is 6.73. The molecule has 1 heterocycles. The van der Waals surface area contributed by atoms with Crippen molar-refractivity contribution >= 4 is 17.4 Å². The third kappa shape index (κ3) is 2.80. The lowest BCUT2D eigenvalue weighted by atomic mass is 9.84. The van der Waals surface area contributed by atoms with Crippen molar-refractivity contribution in [1.82, 2.24) is 4.98 Å². The van der Waals surface area contributed by atoms with Crippen molar-refractivity contribution in [2.24, 2.45) is 0 Å². The maximum atomic E-state index is 12.0. The Morgan fingerprint density at radius 3 is 2.29 bits per heavy atom. The van der Waals surface area contributed by atoms with Gasteiger partial charge in [-0.2, -0.15) is 10.5 Å². The van der Waals surface area contributed by atoms with Gasteiger partial charge in [-0.3, -0.25) is 4.79 Å². The second kappa shape index (κ2) is 5.92. The SMILES string of the molecule is CC(C)(C)c1cc(Cl)c(O)c(-c2c(C#N)c(N)[nH]c(=O)c2C#N)c1. The number of phenolic OH excluding ortho intramolecular Hbond substituents is 1. The fraction of sp³-hybridized carbons (Fsp3) is 0.235. The molecule has 0 spiro atoms. The summed E-state index contributed by atoms with van der Waals surface area (Å²) in [6.07, 6.45) is 0. The molecule has 0 amide bonds. The highest BCUT2D eigenvalue weighted by molar-refractivity contribution is 6.32. The molecule has 0 saturated heterocycles. The molecule has 0 unspecified atom stereocenters. The molecule has 0 aliphatic rings. The number of H-pyrrole nitrogens is 1. The van der Waals surface area contributed by atoms with E-state index in [1.165, 1.54) is 0 Å². The van der Waals surface area contributed by atoms with Crippen molar-refractivity contribution < 1.29 is 5.11 Å². The lowest BCUT2D eigenvalue weighted by Gasteiger charge is -2.22. The first-order valence-corrected chi connectivity index (χ1v) is 7.39. The highest BCUT2D eigenvalue weighted by atomic mass is 35.5. The number of anilines is 1. The van der Waals surface area contributed by atoms with Gasteiger partial charge in [0, 0.05) is 11.1 Å². The number of nitriles is 2. The van der Waals surface area contributed by atoms with Gasteiger partial charge in [-0.15, -0.1) is 0 Å². The van der Waals surface area contributed by atoms with Crippen molar-refractivity contribution in [1.29, 1.82) is 10.5 Å². The quantitative estimate of drug-likeness (QED) is 0.734. The summed E-state index contributed by atoms with van der Waals surface area (Å²) < 4.78 is 0. The van der Waals surface area contributed by atoms with Gasteiger partial charge < -0.3 is 15.8 Å². The number of aromatic hydroxyl groups is 1. The number of aromatic amines is 1. The Balaban J connectivity index is 3.03. The summed E-state index contributed by atoms with van der Waals surface area (Å²) in [4.78, 5) is 14.3. The third-order valence-corrected chi connectivity index (χ3v) is 3.96. The summed E-state index contributed by atoms with van der Waals surface area (Å²) in [6.45, 7) is 5.84. The summed E-state index contributed by atoms with van der Waals surface area (Å²) in [5.41, 5.74) is 5.13. The molecule has 0 radical (unpaired) electrons. The Kier molecular flexibility index (Phi) is 4.29. The molecule has 7 heteroatoms. The molecule has 4 N–H and O–H groups in total. The van der Waals surface area contributed by atoms with E-state index >= 15 is 0 Å². The minimum absolute atomic E-state index is 0.0215. The average Bonchev–Trinajstić information content (AvgIpc) is 2.48. The number of nitrogens with one attached hydrogen (secondary N) is 1. The van der Waals surface area contributed by atoms with E-state index in [9.17, 15) is 20.4 Å². The normalized spacial score (nSPS) is 10.9.